The number of ether oxygens (including phenoxy) is 1. The SMILES string of the molecule is COCCNCc1ccnc(C(C)(C)c2ccccc2)n1. The molecule has 1 heterocycles. The van der Waals surface area contributed by atoms with Crippen molar-refractivity contribution in [2.24, 2.45) is 0 Å². The first kappa shape index (κ1) is 15.6. The summed E-state index contributed by atoms with van der Waals surface area (Å²) in [6, 6.07) is 12.3. The minimum atomic E-state index is -0.205. The van der Waals surface area contributed by atoms with Gasteiger partial charge in [0.2, 0.25) is 0 Å². The maximum atomic E-state index is 5.02. The van der Waals surface area contributed by atoms with Crippen LogP contribution in [0.25, 0.3) is 0 Å². The van der Waals surface area contributed by atoms with Crippen molar-refractivity contribution in [3.8, 4) is 0 Å². The standard InChI is InChI=1S/C17H23N3O/c1-17(2,14-7-5-4-6-8-14)16-19-10-9-15(20-16)13-18-11-12-21-3/h4-10,18H,11-13H2,1-3H3. The quantitative estimate of drug-likeness (QED) is 0.794. The number of nitrogens with zero attached hydrogens (tertiary/aromatic N) is 2. The minimum Gasteiger partial charge on any atom is -0.383 e. The molecule has 0 spiro atoms. The van der Waals surface area contributed by atoms with Gasteiger partial charge in [0.25, 0.3) is 0 Å². The van der Waals surface area contributed by atoms with E-state index in [1.165, 1.54) is 5.56 Å². The van der Waals surface area contributed by atoms with Crippen LogP contribution < -0.4 is 5.32 Å². The number of benzene rings is 1. The Bertz CT molecular complexity index is 555. The van der Waals surface area contributed by atoms with Gasteiger partial charge in [-0.1, -0.05) is 30.3 Å². The molecular formula is C17H23N3O. The maximum Gasteiger partial charge on any atom is 0.138 e. The number of aromatic nitrogens is 2. The van der Waals surface area contributed by atoms with Crippen LogP contribution in [0, 0.1) is 0 Å². The van der Waals surface area contributed by atoms with Gasteiger partial charge in [0.1, 0.15) is 5.82 Å². The molecule has 0 aliphatic rings. The monoisotopic (exact) mass is 285 g/mol. The van der Waals surface area contributed by atoms with Crippen LogP contribution in [0.4, 0.5) is 0 Å². The molecule has 0 fully saturated rings. The van der Waals surface area contributed by atoms with Gasteiger partial charge in [-0.25, -0.2) is 9.97 Å². The second-order valence-corrected chi connectivity index (χ2v) is 5.53. The molecule has 21 heavy (non-hydrogen) atoms. The van der Waals surface area contributed by atoms with Crippen molar-refractivity contribution in [2.75, 3.05) is 20.3 Å². The molecule has 4 nitrogen and oxygen atoms in total. The molecule has 4 heteroatoms. The normalized spacial score (nSPS) is 11.6. The zero-order valence-electron chi connectivity index (χ0n) is 13.0. The molecule has 0 radical (unpaired) electrons. The molecule has 0 aliphatic carbocycles. The molecule has 0 amide bonds. The summed E-state index contributed by atoms with van der Waals surface area (Å²) in [6.45, 7) is 6.55. The average Bonchev–Trinajstić information content (AvgIpc) is 2.53. The Balaban J connectivity index is 2.13. The summed E-state index contributed by atoms with van der Waals surface area (Å²) in [5, 5.41) is 3.31. The molecule has 0 bridgehead atoms. The number of methoxy groups -OCH3 is 1. The molecule has 0 saturated heterocycles. The lowest BCUT2D eigenvalue weighted by Crippen LogP contribution is -2.24. The van der Waals surface area contributed by atoms with Gasteiger partial charge in [0.15, 0.2) is 0 Å². The molecule has 1 aromatic carbocycles. The molecular weight excluding hydrogens is 262 g/mol. The van der Waals surface area contributed by atoms with Crippen molar-refractivity contribution < 1.29 is 4.74 Å². The Hall–Kier alpha value is -1.78. The fraction of sp³-hybridized carbons (Fsp3) is 0.412. The van der Waals surface area contributed by atoms with E-state index in [2.05, 4.69) is 36.3 Å². The zero-order chi connectivity index (χ0) is 15.1. The molecule has 2 aromatic rings. The molecule has 1 aromatic heterocycles. The highest BCUT2D eigenvalue weighted by Crippen LogP contribution is 2.28. The van der Waals surface area contributed by atoms with Gasteiger partial charge in [-0.3, -0.25) is 0 Å². The Kier molecular flexibility index (Phi) is 5.42. The third-order valence-electron chi connectivity index (χ3n) is 3.56. The van der Waals surface area contributed by atoms with Crippen LogP contribution in [0.2, 0.25) is 0 Å². The summed E-state index contributed by atoms with van der Waals surface area (Å²) < 4.78 is 5.02. The minimum absolute atomic E-state index is 0.205. The van der Waals surface area contributed by atoms with Crippen LogP contribution in [0.5, 0.6) is 0 Å². The summed E-state index contributed by atoms with van der Waals surface area (Å²) >= 11 is 0. The smallest absolute Gasteiger partial charge is 0.138 e. The second-order valence-electron chi connectivity index (χ2n) is 5.53. The summed E-state index contributed by atoms with van der Waals surface area (Å²) in [7, 11) is 1.70. The van der Waals surface area contributed by atoms with E-state index in [0.29, 0.717) is 6.61 Å². The predicted octanol–water partition coefficient (Wildman–Crippen LogP) is 2.54. The second kappa shape index (κ2) is 7.29. The van der Waals surface area contributed by atoms with Crippen molar-refractivity contribution in [3.05, 3.63) is 59.7 Å². The first-order valence-electron chi connectivity index (χ1n) is 7.22. The van der Waals surface area contributed by atoms with E-state index in [9.17, 15) is 0 Å². The van der Waals surface area contributed by atoms with E-state index in [-0.39, 0.29) is 5.41 Å². The van der Waals surface area contributed by atoms with E-state index in [1.54, 1.807) is 7.11 Å². The summed E-state index contributed by atoms with van der Waals surface area (Å²) in [5.74, 6) is 0.847. The first-order valence-corrected chi connectivity index (χ1v) is 7.22. The van der Waals surface area contributed by atoms with Gasteiger partial charge in [-0.2, -0.15) is 0 Å². The van der Waals surface area contributed by atoms with Crippen molar-refractivity contribution in [1.29, 1.82) is 0 Å². The number of hydrogen-bond donors (Lipinski definition) is 1. The highest BCUT2D eigenvalue weighted by molar-refractivity contribution is 5.30. The largest absolute Gasteiger partial charge is 0.383 e. The number of hydrogen-bond acceptors (Lipinski definition) is 4. The van der Waals surface area contributed by atoms with Crippen molar-refractivity contribution in [2.45, 2.75) is 25.8 Å². The molecule has 2 rings (SSSR count). The molecule has 0 unspecified atom stereocenters. The lowest BCUT2D eigenvalue weighted by atomic mass is 9.84. The summed E-state index contributed by atoms with van der Waals surface area (Å²) in [4.78, 5) is 9.17. The van der Waals surface area contributed by atoms with Crippen LogP contribution in [0.3, 0.4) is 0 Å². The fourth-order valence-electron chi connectivity index (χ4n) is 2.17. The van der Waals surface area contributed by atoms with Gasteiger partial charge in [0, 0.05) is 31.8 Å². The highest BCUT2D eigenvalue weighted by atomic mass is 16.5. The van der Waals surface area contributed by atoms with Crippen LogP contribution in [-0.4, -0.2) is 30.2 Å². The fourth-order valence-corrected chi connectivity index (χ4v) is 2.17. The Morgan fingerprint density at radius 1 is 1.14 bits per heavy atom. The van der Waals surface area contributed by atoms with Gasteiger partial charge >= 0.3 is 0 Å². The lowest BCUT2D eigenvalue weighted by molar-refractivity contribution is 0.199. The number of nitrogens with one attached hydrogen (secondary N) is 1. The number of rotatable bonds is 7. The topological polar surface area (TPSA) is 47.0 Å². The van der Waals surface area contributed by atoms with E-state index >= 15 is 0 Å². The van der Waals surface area contributed by atoms with Crippen LogP contribution in [0.1, 0.15) is 30.9 Å². The van der Waals surface area contributed by atoms with Crippen molar-refractivity contribution in [3.63, 3.8) is 0 Å². The lowest BCUT2D eigenvalue weighted by Gasteiger charge is -2.24. The molecule has 0 saturated carbocycles. The van der Waals surface area contributed by atoms with E-state index in [4.69, 9.17) is 9.72 Å². The van der Waals surface area contributed by atoms with E-state index in [1.807, 2.05) is 30.5 Å². The Morgan fingerprint density at radius 3 is 2.62 bits per heavy atom. The molecule has 0 aliphatic heterocycles. The average molecular weight is 285 g/mol. The Morgan fingerprint density at radius 2 is 1.90 bits per heavy atom. The summed E-state index contributed by atoms with van der Waals surface area (Å²) in [5.41, 5.74) is 2.01. The van der Waals surface area contributed by atoms with Crippen molar-refractivity contribution in [1.82, 2.24) is 15.3 Å². The van der Waals surface area contributed by atoms with Crippen LogP contribution >= 0.6 is 0 Å². The third-order valence-corrected chi connectivity index (χ3v) is 3.56. The maximum absolute atomic E-state index is 5.02. The molecule has 1 N–H and O–H groups in total. The van der Waals surface area contributed by atoms with Gasteiger partial charge < -0.3 is 10.1 Å². The highest BCUT2D eigenvalue weighted by Gasteiger charge is 2.26. The van der Waals surface area contributed by atoms with Crippen LogP contribution in [0.15, 0.2) is 42.6 Å². The predicted molar refractivity (Wildman–Crippen MR) is 84.2 cm³/mol. The molecule has 0 atom stereocenters. The third kappa shape index (κ3) is 4.09. The van der Waals surface area contributed by atoms with Crippen LogP contribution in [-0.2, 0) is 16.7 Å². The van der Waals surface area contributed by atoms with Gasteiger partial charge in [-0.05, 0) is 25.5 Å². The van der Waals surface area contributed by atoms with E-state index < -0.39 is 0 Å². The van der Waals surface area contributed by atoms with Gasteiger partial charge in [0.05, 0.1) is 12.3 Å². The first-order chi connectivity index (χ1) is 10.1. The van der Waals surface area contributed by atoms with Gasteiger partial charge in [-0.15, -0.1) is 0 Å². The summed E-state index contributed by atoms with van der Waals surface area (Å²) in [6.07, 6.45) is 1.83. The van der Waals surface area contributed by atoms with Crippen molar-refractivity contribution >= 4 is 0 Å². The Labute approximate surface area is 126 Å². The molecule has 112 valence electrons. The van der Waals surface area contributed by atoms with E-state index in [0.717, 1.165) is 24.6 Å². The zero-order valence-corrected chi connectivity index (χ0v) is 13.0.